The van der Waals surface area contributed by atoms with Crippen molar-refractivity contribution < 1.29 is 9.90 Å². The number of hydrogen-bond donors (Lipinski definition) is 1. The Morgan fingerprint density at radius 2 is 2.18 bits per heavy atom. The van der Waals surface area contributed by atoms with E-state index >= 15 is 0 Å². The standard InChI is InChI=1S/C13H10ClNO2/c14-10-4-5-11-13-8(2-1-3-9(10)13)6-15(11)7-12(16)17/h1-5H,6-7H2,(H,16,17). The van der Waals surface area contributed by atoms with Crippen LogP contribution in [-0.4, -0.2) is 17.6 Å². The van der Waals surface area contributed by atoms with Gasteiger partial charge in [0, 0.05) is 28.0 Å². The lowest BCUT2D eigenvalue weighted by Gasteiger charge is -2.16. The van der Waals surface area contributed by atoms with E-state index in [0.717, 1.165) is 22.0 Å². The molecule has 1 heterocycles. The molecule has 0 aliphatic carbocycles. The number of benzene rings is 2. The lowest BCUT2D eigenvalue weighted by Crippen LogP contribution is -2.26. The molecule has 0 spiro atoms. The second-order valence-electron chi connectivity index (χ2n) is 4.16. The molecule has 0 unspecified atom stereocenters. The van der Waals surface area contributed by atoms with Gasteiger partial charge in [0.15, 0.2) is 0 Å². The number of rotatable bonds is 2. The second-order valence-corrected chi connectivity index (χ2v) is 4.56. The average Bonchev–Trinajstić information content (AvgIpc) is 2.62. The molecule has 0 bridgehead atoms. The van der Waals surface area contributed by atoms with Gasteiger partial charge in [-0.2, -0.15) is 0 Å². The number of halogens is 1. The van der Waals surface area contributed by atoms with E-state index in [2.05, 4.69) is 0 Å². The summed E-state index contributed by atoms with van der Waals surface area (Å²) in [5, 5.41) is 11.7. The summed E-state index contributed by atoms with van der Waals surface area (Å²) in [4.78, 5) is 12.7. The number of nitrogens with zero attached hydrogens (tertiary/aromatic N) is 1. The van der Waals surface area contributed by atoms with Crippen LogP contribution in [0.3, 0.4) is 0 Å². The minimum absolute atomic E-state index is 0.0193. The van der Waals surface area contributed by atoms with Crippen molar-refractivity contribution in [2.75, 3.05) is 11.4 Å². The van der Waals surface area contributed by atoms with Gasteiger partial charge in [0.25, 0.3) is 0 Å². The molecule has 3 nitrogen and oxygen atoms in total. The summed E-state index contributed by atoms with van der Waals surface area (Å²) in [7, 11) is 0. The van der Waals surface area contributed by atoms with E-state index < -0.39 is 5.97 Å². The van der Waals surface area contributed by atoms with E-state index in [9.17, 15) is 4.79 Å². The highest BCUT2D eigenvalue weighted by atomic mass is 35.5. The predicted molar refractivity (Wildman–Crippen MR) is 67.6 cm³/mol. The number of hydrogen-bond acceptors (Lipinski definition) is 2. The monoisotopic (exact) mass is 247 g/mol. The fourth-order valence-electron chi connectivity index (χ4n) is 2.42. The molecule has 1 N–H and O–H groups in total. The quantitative estimate of drug-likeness (QED) is 0.887. The SMILES string of the molecule is O=C(O)CN1Cc2cccc3c(Cl)ccc1c23. The highest BCUT2D eigenvalue weighted by molar-refractivity contribution is 6.36. The second kappa shape index (κ2) is 3.64. The molecular weight excluding hydrogens is 238 g/mol. The Kier molecular flexibility index (Phi) is 2.23. The molecule has 0 aromatic heterocycles. The number of aliphatic carboxylic acids is 1. The third kappa shape index (κ3) is 1.54. The van der Waals surface area contributed by atoms with Crippen LogP contribution in [0.2, 0.25) is 5.02 Å². The molecule has 0 radical (unpaired) electrons. The van der Waals surface area contributed by atoms with Crippen molar-refractivity contribution in [3.63, 3.8) is 0 Å². The van der Waals surface area contributed by atoms with Crippen molar-refractivity contribution in [1.82, 2.24) is 0 Å². The van der Waals surface area contributed by atoms with E-state index in [0.29, 0.717) is 11.6 Å². The maximum atomic E-state index is 10.8. The van der Waals surface area contributed by atoms with Gasteiger partial charge in [0.2, 0.25) is 0 Å². The van der Waals surface area contributed by atoms with Crippen LogP contribution in [0.1, 0.15) is 5.56 Å². The first-order valence-corrected chi connectivity index (χ1v) is 5.71. The minimum Gasteiger partial charge on any atom is -0.480 e. The van der Waals surface area contributed by atoms with Crippen LogP contribution in [0.25, 0.3) is 10.8 Å². The largest absolute Gasteiger partial charge is 0.480 e. The van der Waals surface area contributed by atoms with Crippen molar-refractivity contribution in [3.8, 4) is 0 Å². The van der Waals surface area contributed by atoms with Crippen LogP contribution >= 0.6 is 11.6 Å². The molecule has 2 aromatic carbocycles. The van der Waals surface area contributed by atoms with Crippen molar-refractivity contribution in [1.29, 1.82) is 0 Å². The van der Waals surface area contributed by atoms with Gasteiger partial charge < -0.3 is 10.0 Å². The van der Waals surface area contributed by atoms with Crippen LogP contribution in [0, 0.1) is 0 Å². The number of carboxylic acid groups (broad SMARTS) is 1. The zero-order valence-electron chi connectivity index (χ0n) is 8.98. The molecule has 17 heavy (non-hydrogen) atoms. The minimum atomic E-state index is -0.819. The number of anilines is 1. The van der Waals surface area contributed by atoms with Crippen LogP contribution in [-0.2, 0) is 11.3 Å². The van der Waals surface area contributed by atoms with Crippen LogP contribution < -0.4 is 4.90 Å². The van der Waals surface area contributed by atoms with E-state index in [4.69, 9.17) is 16.7 Å². The zero-order chi connectivity index (χ0) is 12.0. The van der Waals surface area contributed by atoms with Gasteiger partial charge >= 0.3 is 5.97 Å². The molecule has 86 valence electrons. The first-order chi connectivity index (χ1) is 8.16. The predicted octanol–water partition coefficient (Wildman–Crippen LogP) is 2.90. The van der Waals surface area contributed by atoms with Crippen LogP contribution in [0.15, 0.2) is 30.3 Å². The summed E-state index contributed by atoms with van der Waals surface area (Å²) < 4.78 is 0. The topological polar surface area (TPSA) is 40.5 Å². The molecule has 0 atom stereocenters. The Morgan fingerprint density at radius 1 is 1.35 bits per heavy atom. The van der Waals surface area contributed by atoms with E-state index in [-0.39, 0.29) is 6.54 Å². The summed E-state index contributed by atoms with van der Waals surface area (Å²) in [5.74, 6) is -0.819. The Morgan fingerprint density at radius 3 is 2.94 bits per heavy atom. The lowest BCUT2D eigenvalue weighted by molar-refractivity contribution is -0.135. The Balaban J connectivity index is 2.21. The summed E-state index contributed by atoms with van der Waals surface area (Å²) in [6, 6.07) is 9.66. The molecular formula is C13H10ClNO2. The Hall–Kier alpha value is -1.74. The molecule has 1 aliphatic heterocycles. The van der Waals surface area contributed by atoms with Gasteiger partial charge in [-0.3, -0.25) is 4.79 Å². The third-order valence-electron chi connectivity index (χ3n) is 3.08. The van der Waals surface area contributed by atoms with Gasteiger partial charge in [-0.1, -0.05) is 29.8 Å². The summed E-state index contributed by atoms with van der Waals surface area (Å²) >= 11 is 6.15. The highest BCUT2D eigenvalue weighted by Gasteiger charge is 2.23. The van der Waals surface area contributed by atoms with E-state index in [1.54, 1.807) is 0 Å². The van der Waals surface area contributed by atoms with E-state index in [1.807, 2.05) is 35.2 Å². The molecule has 0 fully saturated rings. The van der Waals surface area contributed by atoms with Gasteiger partial charge in [-0.15, -0.1) is 0 Å². The van der Waals surface area contributed by atoms with Gasteiger partial charge in [0.05, 0.1) is 0 Å². The van der Waals surface area contributed by atoms with Crippen molar-refractivity contribution >= 4 is 34.0 Å². The molecule has 4 heteroatoms. The lowest BCUT2D eigenvalue weighted by atomic mass is 10.1. The van der Waals surface area contributed by atoms with Crippen LogP contribution in [0.4, 0.5) is 5.69 Å². The summed E-state index contributed by atoms with van der Waals surface area (Å²) in [6.07, 6.45) is 0. The summed E-state index contributed by atoms with van der Waals surface area (Å²) in [5.41, 5.74) is 2.10. The van der Waals surface area contributed by atoms with Crippen molar-refractivity contribution in [2.24, 2.45) is 0 Å². The molecule has 3 rings (SSSR count). The molecule has 0 saturated carbocycles. The Bertz CT molecular complexity index is 624. The first-order valence-electron chi connectivity index (χ1n) is 5.33. The molecule has 0 saturated heterocycles. The normalized spacial score (nSPS) is 13.4. The third-order valence-corrected chi connectivity index (χ3v) is 3.41. The van der Waals surface area contributed by atoms with Gasteiger partial charge in [-0.25, -0.2) is 0 Å². The fourth-order valence-corrected chi connectivity index (χ4v) is 2.64. The zero-order valence-corrected chi connectivity index (χ0v) is 9.74. The molecule has 1 aliphatic rings. The number of carboxylic acids is 1. The molecule has 0 amide bonds. The molecule has 2 aromatic rings. The smallest absolute Gasteiger partial charge is 0.323 e. The van der Waals surface area contributed by atoms with E-state index in [1.165, 1.54) is 0 Å². The van der Waals surface area contributed by atoms with Crippen LogP contribution in [0.5, 0.6) is 0 Å². The maximum absolute atomic E-state index is 10.8. The fraction of sp³-hybridized carbons (Fsp3) is 0.154. The number of carbonyl (C=O) groups is 1. The first kappa shape index (κ1) is 10.4. The van der Waals surface area contributed by atoms with Crippen molar-refractivity contribution in [3.05, 3.63) is 40.9 Å². The van der Waals surface area contributed by atoms with Crippen molar-refractivity contribution in [2.45, 2.75) is 6.54 Å². The Labute approximate surface area is 103 Å². The van der Waals surface area contributed by atoms with Gasteiger partial charge in [0.1, 0.15) is 6.54 Å². The maximum Gasteiger partial charge on any atom is 0.323 e. The average molecular weight is 248 g/mol. The summed E-state index contributed by atoms with van der Waals surface area (Å²) in [6.45, 7) is 0.657. The highest BCUT2D eigenvalue weighted by Crippen LogP contribution is 2.39. The van der Waals surface area contributed by atoms with Gasteiger partial charge in [-0.05, 0) is 17.7 Å².